The molecule has 140 valence electrons. The fourth-order valence-electron chi connectivity index (χ4n) is 3.41. The number of nitrogens with zero attached hydrogens (tertiary/aromatic N) is 2. The van der Waals surface area contributed by atoms with Crippen molar-refractivity contribution < 1.29 is 18.0 Å². The van der Waals surface area contributed by atoms with E-state index in [9.17, 15) is 18.0 Å². The lowest BCUT2D eigenvalue weighted by Crippen LogP contribution is -2.26. The van der Waals surface area contributed by atoms with Gasteiger partial charge < -0.3 is 4.90 Å². The summed E-state index contributed by atoms with van der Waals surface area (Å²) in [6.45, 7) is 3.86. The Hall–Kier alpha value is -2.89. The van der Waals surface area contributed by atoms with Gasteiger partial charge in [-0.2, -0.15) is 13.2 Å². The monoisotopic (exact) mass is 372 g/mol. The maximum absolute atomic E-state index is 13.4. The van der Waals surface area contributed by atoms with Crippen molar-refractivity contribution in [2.75, 3.05) is 11.9 Å². The quantitative estimate of drug-likeness (QED) is 0.556. The predicted octanol–water partition coefficient (Wildman–Crippen LogP) is 4.88. The van der Waals surface area contributed by atoms with Gasteiger partial charge >= 0.3 is 6.18 Å². The number of anilines is 1. The Morgan fingerprint density at radius 3 is 2.22 bits per heavy atom. The van der Waals surface area contributed by atoms with Crippen LogP contribution in [0.1, 0.15) is 25.0 Å². The standard InChI is InChI=1S/C21H19F3N2O/c1-20(2)15-11-7-8-12-16(15)26(3)17(20)13-18(27)25-19(21(22,23)24)14-9-5-4-6-10-14/h4-13H,1-3H3/b17-13+,25-19?. The SMILES string of the molecule is CN1/C(=C/C(=O)N=C(c2ccccc2)C(F)(F)F)C(C)(C)c2ccccc21. The van der Waals surface area contributed by atoms with E-state index in [4.69, 9.17) is 0 Å². The number of likely N-dealkylation sites (N-methyl/N-ethyl adjacent to an activating group) is 1. The first-order valence-corrected chi connectivity index (χ1v) is 8.43. The lowest BCUT2D eigenvalue weighted by Gasteiger charge is -2.23. The zero-order chi connectivity index (χ0) is 19.8. The van der Waals surface area contributed by atoms with Gasteiger partial charge in [-0.15, -0.1) is 0 Å². The van der Waals surface area contributed by atoms with Crippen molar-refractivity contribution >= 4 is 17.3 Å². The van der Waals surface area contributed by atoms with Crippen LogP contribution in [0, 0.1) is 0 Å². The molecular weight excluding hydrogens is 353 g/mol. The van der Waals surface area contributed by atoms with Gasteiger partial charge in [-0.3, -0.25) is 4.79 Å². The van der Waals surface area contributed by atoms with Crippen molar-refractivity contribution in [3.8, 4) is 0 Å². The molecule has 1 aliphatic heterocycles. The number of rotatable bonds is 2. The number of halogens is 3. The van der Waals surface area contributed by atoms with Gasteiger partial charge in [0.15, 0.2) is 5.71 Å². The van der Waals surface area contributed by atoms with Crippen LogP contribution in [0.3, 0.4) is 0 Å². The van der Waals surface area contributed by atoms with E-state index >= 15 is 0 Å². The molecule has 0 saturated carbocycles. The van der Waals surface area contributed by atoms with Gasteiger partial charge in [-0.1, -0.05) is 62.4 Å². The molecule has 27 heavy (non-hydrogen) atoms. The summed E-state index contributed by atoms with van der Waals surface area (Å²) in [5.74, 6) is -0.936. The minimum atomic E-state index is -4.73. The predicted molar refractivity (Wildman–Crippen MR) is 100.0 cm³/mol. The summed E-state index contributed by atoms with van der Waals surface area (Å²) < 4.78 is 40.2. The molecule has 0 aromatic heterocycles. The van der Waals surface area contributed by atoms with Crippen LogP contribution in [-0.4, -0.2) is 24.8 Å². The molecule has 0 bridgehead atoms. The van der Waals surface area contributed by atoms with Crippen molar-refractivity contribution in [3.63, 3.8) is 0 Å². The highest BCUT2D eigenvalue weighted by Crippen LogP contribution is 2.46. The molecule has 3 nitrogen and oxygen atoms in total. The third kappa shape index (κ3) is 3.52. The lowest BCUT2D eigenvalue weighted by atomic mass is 9.84. The molecule has 0 atom stereocenters. The van der Waals surface area contributed by atoms with E-state index in [-0.39, 0.29) is 5.56 Å². The second-order valence-corrected chi connectivity index (χ2v) is 6.89. The summed E-state index contributed by atoms with van der Waals surface area (Å²) in [5, 5.41) is 0. The average molecular weight is 372 g/mol. The van der Waals surface area contributed by atoms with Crippen molar-refractivity contribution in [1.82, 2.24) is 0 Å². The van der Waals surface area contributed by atoms with Crippen LogP contribution in [-0.2, 0) is 10.2 Å². The third-order valence-electron chi connectivity index (χ3n) is 4.74. The first-order chi connectivity index (χ1) is 12.6. The summed E-state index contributed by atoms with van der Waals surface area (Å²) in [7, 11) is 1.79. The van der Waals surface area contributed by atoms with Crippen molar-refractivity contribution in [2.45, 2.75) is 25.4 Å². The van der Waals surface area contributed by atoms with E-state index in [1.54, 1.807) is 13.1 Å². The number of benzene rings is 2. The zero-order valence-corrected chi connectivity index (χ0v) is 15.2. The summed E-state index contributed by atoms with van der Waals surface area (Å²) in [5.41, 5.74) is 0.688. The van der Waals surface area contributed by atoms with E-state index in [0.717, 1.165) is 11.3 Å². The Bertz CT molecular complexity index is 928. The Balaban J connectivity index is 2.02. The number of hydrogen-bond acceptors (Lipinski definition) is 2. The van der Waals surface area contributed by atoms with Crippen LogP contribution < -0.4 is 4.90 Å². The molecule has 0 N–H and O–H groups in total. The number of alkyl halides is 3. The number of aliphatic imine (C=N–C) groups is 1. The summed E-state index contributed by atoms with van der Waals surface area (Å²) in [4.78, 5) is 17.6. The van der Waals surface area contributed by atoms with Crippen LogP contribution in [0.25, 0.3) is 0 Å². The molecule has 1 amide bonds. The molecule has 2 aromatic carbocycles. The maximum Gasteiger partial charge on any atom is 0.434 e. The topological polar surface area (TPSA) is 32.7 Å². The van der Waals surface area contributed by atoms with Crippen LogP contribution >= 0.6 is 0 Å². The molecule has 0 radical (unpaired) electrons. The average Bonchev–Trinajstić information content (AvgIpc) is 2.81. The highest BCUT2D eigenvalue weighted by Gasteiger charge is 2.40. The Morgan fingerprint density at radius 2 is 1.63 bits per heavy atom. The number of amides is 1. The minimum absolute atomic E-state index is 0.140. The number of carbonyl (C=O) groups excluding carboxylic acids is 1. The molecule has 0 fully saturated rings. The van der Waals surface area contributed by atoms with Crippen LogP contribution in [0.5, 0.6) is 0 Å². The van der Waals surface area contributed by atoms with Gasteiger partial charge in [0, 0.05) is 35.5 Å². The molecule has 6 heteroatoms. The zero-order valence-electron chi connectivity index (χ0n) is 15.2. The number of fused-ring (bicyclic) bond motifs is 1. The fraction of sp³-hybridized carbons (Fsp3) is 0.238. The van der Waals surface area contributed by atoms with Crippen LogP contribution in [0.4, 0.5) is 18.9 Å². The van der Waals surface area contributed by atoms with E-state index in [0.29, 0.717) is 5.70 Å². The van der Waals surface area contributed by atoms with Crippen molar-refractivity contribution in [1.29, 1.82) is 0 Å². The summed E-state index contributed by atoms with van der Waals surface area (Å²) in [6.07, 6.45) is -3.54. The van der Waals surface area contributed by atoms with Crippen LogP contribution in [0.15, 0.2) is 71.4 Å². The molecule has 0 aliphatic carbocycles. The number of carbonyl (C=O) groups is 1. The van der Waals surface area contributed by atoms with Gasteiger partial charge in [0.1, 0.15) is 0 Å². The number of allylic oxidation sites excluding steroid dienone is 1. The van der Waals surface area contributed by atoms with Gasteiger partial charge in [0.25, 0.3) is 5.91 Å². The van der Waals surface area contributed by atoms with E-state index in [1.165, 1.54) is 30.3 Å². The highest BCUT2D eigenvalue weighted by atomic mass is 19.4. The molecule has 1 aliphatic rings. The summed E-state index contributed by atoms with van der Waals surface area (Å²) >= 11 is 0. The molecule has 0 saturated heterocycles. The molecule has 0 spiro atoms. The second-order valence-electron chi connectivity index (χ2n) is 6.89. The first-order valence-electron chi connectivity index (χ1n) is 8.43. The van der Waals surface area contributed by atoms with Gasteiger partial charge in [-0.25, -0.2) is 4.99 Å². The molecule has 2 aromatic rings. The summed E-state index contributed by atoms with van der Waals surface area (Å²) in [6, 6.07) is 14.8. The largest absolute Gasteiger partial charge is 0.434 e. The normalized spacial score (nSPS) is 17.9. The number of para-hydroxylation sites is 1. The van der Waals surface area contributed by atoms with Crippen molar-refractivity contribution in [3.05, 3.63) is 77.5 Å². The van der Waals surface area contributed by atoms with E-state index in [2.05, 4.69) is 4.99 Å². The van der Waals surface area contributed by atoms with E-state index < -0.39 is 23.2 Å². The minimum Gasteiger partial charge on any atom is -0.347 e. The Labute approximate surface area is 155 Å². The Morgan fingerprint density at radius 1 is 1.04 bits per heavy atom. The highest BCUT2D eigenvalue weighted by molar-refractivity contribution is 6.11. The Kier molecular flexibility index (Phi) is 4.68. The molecule has 1 heterocycles. The van der Waals surface area contributed by atoms with Gasteiger partial charge in [0.2, 0.25) is 0 Å². The molecule has 3 rings (SSSR count). The van der Waals surface area contributed by atoms with Gasteiger partial charge in [-0.05, 0) is 11.6 Å². The second kappa shape index (κ2) is 6.68. The van der Waals surface area contributed by atoms with Gasteiger partial charge in [0.05, 0.1) is 0 Å². The maximum atomic E-state index is 13.4. The fourth-order valence-corrected chi connectivity index (χ4v) is 3.41. The smallest absolute Gasteiger partial charge is 0.347 e. The van der Waals surface area contributed by atoms with E-state index in [1.807, 2.05) is 43.0 Å². The number of hydrogen-bond donors (Lipinski definition) is 0. The molecule has 0 unspecified atom stereocenters. The lowest BCUT2D eigenvalue weighted by molar-refractivity contribution is -0.114. The molecular formula is C21H19F3N2O. The van der Waals surface area contributed by atoms with Crippen molar-refractivity contribution in [2.24, 2.45) is 4.99 Å². The first kappa shape index (κ1) is 18.9. The van der Waals surface area contributed by atoms with Crippen LogP contribution in [0.2, 0.25) is 0 Å². The third-order valence-corrected chi connectivity index (χ3v) is 4.74.